The van der Waals surface area contributed by atoms with Crippen LogP contribution in [0, 0.1) is 12.3 Å². The molecule has 0 bridgehead atoms. The number of rotatable bonds is 5. The van der Waals surface area contributed by atoms with Crippen molar-refractivity contribution >= 4 is 11.6 Å². The lowest BCUT2D eigenvalue weighted by Gasteiger charge is -1.93. The van der Waals surface area contributed by atoms with Crippen molar-refractivity contribution in [3.8, 4) is 12.3 Å². The van der Waals surface area contributed by atoms with Crippen molar-refractivity contribution < 1.29 is 9.59 Å². The van der Waals surface area contributed by atoms with Gasteiger partial charge in [-0.3, -0.25) is 4.79 Å². The predicted octanol–water partition coefficient (Wildman–Crippen LogP) is 1.34. The maximum Gasteiger partial charge on any atom is 0.134 e. The quantitative estimate of drug-likeness (QED) is 0.557. The highest BCUT2D eigenvalue weighted by atomic mass is 16.1. The van der Waals surface area contributed by atoms with Gasteiger partial charge < -0.3 is 4.79 Å². The zero-order chi connectivity index (χ0) is 8.69. The lowest BCUT2D eigenvalue weighted by atomic mass is 10.1. The summed E-state index contributed by atoms with van der Waals surface area (Å²) in [5, 5.41) is 0. The van der Waals surface area contributed by atoms with Crippen molar-refractivity contribution in [1.29, 1.82) is 0 Å². The van der Waals surface area contributed by atoms with Crippen LogP contribution in [0.4, 0.5) is 0 Å². The summed E-state index contributed by atoms with van der Waals surface area (Å²) in [6.45, 7) is 1.48. The van der Waals surface area contributed by atoms with Crippen molar-refractivity contribution in [2.75, 3.05) is 0 Å². The zero-order valence-electron chi connectivity index (χ0n) is 6.72. The Morgan fingerprint density at radius 1 is 1.27 bits per heavy atom. The average Bonchev–Trinajstić information content (AvgIpc) is 1.97. The van der Waals surface area contributed by atoms with Crippen LogP contribution < -0.4 is 0 Å². The first-order chi connectivity index (χ1) is 5.16. The summed E-state index contributed by atoms with van der Waals surface area (Å²) in [6, 6.07) is 0. The van der Waals surface area contributed by atoms with Gasteiger partial charge in [0.1, 0.15) is 11.6 Å². The topological polar surface area (TPSA) is 34.1 Å². The van der Waals surface area contributed by atoms with E-state index in [-0.39, 0.29) is 11.6 Å². The second kappa shape index (κ2) is 5.67. The highest BCUT2D eigenvalue weighted by Gasteiger charge is 2.01. The number of carbonyl (C=O) groups excluding carboxylic acids is 2. The van der Waals surface area contributed by atoms with Crippen LogP contribution in [0.1, 0.15) is 32.6 Å². The van der Waals surface area contributed by atoms with Crippen LogP contribution >= 0.6 is 0 Å². The molecule has 0 aliphatic rings. The molecule has 0 saturated heterocycles. The van der Waals surface area contributed by atoms with E-state index < -0.39 is 0 Å². The third-order valence-electron chi connectivity index (χ3n) is 1.30. The molecule has 0 unspecified atom stereocenters. The highest BCUT2D eigenvalue weighted by molar-refractivity contribution is 5.84. The highest BCUT2D eigenvalue weighted by Crippen LogP contribution is 1.98. The Morgan fingerprint density at radius 3 is 2.36 bits per heavy atom. The third kappa shape index (κ3) is 6.79. The summed E-state index contributed by atoms with van der Waals surface area (Å²) < 4.78 is 0. The van der Waals surface area contributed by atoms with Crippen LogP contribution in [0.25, 0.3) is 0 Å². The molecular formula is C9H12O2. The van der Waals surface area contributed by atoms with Gasteiger partial charge in [-0.2, -0.15) is 0 Å². The first-order valence-corrected chi connectivity index (χ1v) is 3.61. The van der Waals surface area contributed by atoms with Gasteiger partial charge >= 0.3 is 0 Å². The standard InChI is InChI=1S/C9H12O2/c1-3-4-5-9(11)7-6-8(2)10/h1H,4-7H2,2H3. The molecule has 60 valence electrons. The first-order valence-electron chi connectivity index (χ1n) is 3.61. The number of hydrogen-bond donors (Lipinski definition) is 0. The van der Waals surface area contributed by atoms with E-state index in [2.05, 4.69) is 5.92 Å². The predicted molar refractivity (Wildman–Crippen MR) is 43.0 cm³/mol. The Kier molecular flexibility index (Phi) is 5.10. The Morgan fingerprint density at radius 2 is 1.91 bits per heavy atom. The van der Waals surface area contributed by atoms with Crippen molar-refractivity contribution in [2.24, 2.45) is 0 Å². The van der Waals surface area contributed by atoms with Gasteiger partial charge in [0.15, 0.2) is 0 Å². The number of ketones is 2. The summed E-state index contributed by atoms with van der Waals surface area (Å²) >= 11 is 0. The molecule has 0 aromatic carbocycles. The fourth-order valence-electron chi connectivity index (χ4n) is 0.652. The lowest BCUT2D eigenvalue weighted by molar-refractivity contribution is -0.123. The van der Waals surface area contributed by atoms with Gasteiger partial charge in [0.05, 0.1) is 0 Å². The maximum atomic E-state index is 10.9. The summed E-state index contributed by atoms with van der Waals surface area (Å²) in [7, 11) is 0. The summed E-state index contributed by atoms with van der Waals surface area (Å²) in [5.74, 6) is 2.52. The van der Waals surface area contributed by atoms with Gasteiger partial charge in [0, 0.05) is 25.7 Å². The molecule has 0 rings (SSSR count). The monoisotopic (exact) mass is 152 g/mol. The molecule has 0 saturated carbocycles. The van der Waals surface area contributed by atoms with E-state index in [0.29, 0.717) is 25.7 Å². The molecule has 0 aliphatic heterocycles. The lowest BCUT2D eigenvalue weighted by Crippen LogP contribution is -2.00. The smallest absolute Gasteiger partial charge is 0.134 e. The van der Waals surface area contributed by atoms with Gasteiger partial charge in [-0.1, -0.05) is 0 Å². The summed E-state index contributed by atoms with van der Waals surface area (Å²) in [6.07, 6.45) is 6.55. The van der Waals surface area contributed by atoms with E-state index in [9.17, 15) is 9.59 Å². The van der Waals surface area contributed by atoms with Crippen LogP contribution in [-0.4, -0.2) is 11.6 Å². The summed E-state index contributed by atoms with van der Waals surface area (Å²) in [4.78, 5) is 21.3. The molecule has 0 radical (unpaired) electrons. The Hall–Kier alpha value is -1.10. The molecule has 0 fully saturated rings. The molecule has 0 amide bonds. The molecule has 2 heteroatoms. The number of Topliss-reactive ketones (excluding diaryl/α,β-unsaturated/α-hetero) is 2. The number of hydrogen-bond acceptors (Lipinski definition) is 2. The molecule has 0 aromatic heterocycles. The van der Waals surface area contributed by atoms with Gasteiger partial charge in [-0.15, -0.1) is 12.3 Å². The van der Waals surface area contributed by atoms with Crippen molar-refractivity contribution in [3.63, 3.8) is 0 Å². The Balaban J connectivity index is 3.39. The molecule has 0 spiro atoms. The molecular weight excluding hydrogens is 140 g/mol. The molecule has 2 nitrogen and oxygen atoms in total. The van der Waals surface area contributed by atoms with Crippen LogP contribution in [0.2, 0.25) is 0 Å². The van der Waals surface area contributed by atoms with Crippen LogP contribution in [0.3, 0.4) is 0 Å². The summed E-state index contributed by atoms with van der Waals surface area (Å²) in [5.41, 5.74) is 0. The van der Waals surface area contributed by atoms with Crippen LogP contribution in [0.15, 0.2) is 0 Å². The third-order valence-corrected chi connectivity index (χ3v) is 1.30. The van der Waals surface area contributed by atoms with Crippen molar-refractivity contribution in [3.05, 3.63) is 0 Å². The minimum atomic E-state index is 0.0547. The zero-order valence-corrected chi connectivity index (χ0v) is 6.72. The second-order valence-electron chi connectivity index (χ2n) is 2.44. The van der Waals surface area contributed by atoms with Crippen molar-refractivity contribution in [1.82, 2.24) is 0 Å². The van der Waals surface area contributed by atoms with E-state index in [1.54, 1.807) is 0 Å². The normalized spacial score (nSPS) is 8.73. The van der Waals surface area contributed by atoms with Gasteiger partial charge in [0.25, 0.3) is 0 Å². The maximum absolute atomic E-state index is 10.9. The van der Waals surface area contributed by atoms with Gasteiger partial charge in [0.2, 0.25) is 0 Å². The fraction of sp³-hybridized carbons (Fsp3) is 0.556. The molecule has 0 heterocycles. The van der Waals surface area contributed by atoms with E-state index in [1.165, 1.54) is 6.92 Å². The van der Waals surface area contributed by atoms with Crippen LogP contribution in [-0.2, 0) is 9.59 Å². The SMILES string of the molecule is C#CCCC(=O)CCC(C)=O. The van der Waals surface area contributed by atoms with Crippen LogP contribution in [0.5, 0.6) is 0 Å². The molecule has 0 aliphatic carbocycles. The largest absolute Gasteiger partial charge is 0.300 e. The molecule has 0 atom stereocenters. The average molecular weight is 152 g/mol. The van der Waals surface area contributed by atoms with Gasteiger partial charge in [-0.25, -0.2) is 0 Å². The molecule has 0 aromatic rings. The minimum absolute atomic E-state index is 0.0547. The molecule has 0 N–H and O–H groups in total. The second-order valence-corrected chi connectivity index (χ2v) is 2.44. The number of terminal acetylenes is 1. The Labute approximate surface area is 67.0 Å². The van der Waals surface area contributed by atoms with Gasteiger partial charge in [-0.05, 0) is 6.92 Å². The van der Waals surface area contributed by atoms with E-state index in [0.717, 1.165) is 0 Å². The van der Waals surface area contributed by atoms with E-state index in [1.807, 2.05) is 0 Å². The fourth-order valence-corrected chi connectivity index (χ4v) is 0.652. The van der Waals surface area contributed by atoms with E-state index >= 15 is 0 Å². The van der Waals surface area contributed by atoms with Crippen molar-refractivity contribution in [2.45, 2.75) is 32.6 Å². The molecule has 11 heavy (non-hydrogen) atoms. The minimum Gasteiger partial charge on any atom is -0.300 e. The van der Waals surface area contributed by atoms with E-state index in [4.69, 9.17) is 6.42 Å². The first kappa shape index (κ1) is 9.90. The number of carbonyl (C=O) groups is 2. The Bertz CT molecular complexity index is 186.